The van der Waals surface area contributed by atoms with Crippen LogP contribution in [0.5, 0.6) is 0 Å². The summed E-state index contributed by atoms with van der Waals surface area (Å²) >= 11 is 3.30. The van der Waals surface area contributed by atoms with Crippen molar-refractivity contribution in [3.63, 3.8) is 0 Å². The van der Waals surface area contributed by atoms with Crippen LogP contribution >= 0.6 is 15.9 Å². The first kappa shape index (κ1) is 18.7. The van der Waals surface area contributed by atoms with Crippen LogP contribution in [0.4, 0.5) is 0 Å². The molecule has 0 radical (unpaired) electrons. The van der Waals surface area contributed by atoms with E-state index in [0.717, 1.165) is 10.0 Å². The standard InChI is InChI=1S/C16H20BrN3O3S/c1-13-9-19-20(10-13)7-3-6-18-16(21)12-24(22,23)11-14-4-2-5-15(17)8-14/h2,4-5,8-10H,3,6-7,11-12H2,1H3,(H,18,21). The van der Waals surface area contributed by atoms with Crippen LogP contribution in [0.1, 0.15) is 17.5 Å². The van der Waals surface area contributed by atoms with E-state index in [1.165, 1.54) is 0 Å². The van der Waals surface area contributed by atoms with Gasteiger partial charge in [0.05, 0.1) is 11.9 Å². The summed E-state index contributed by atoms with van der Waals surface area (Å²) in [4.78, 5) is 11.8. The molecule has 1 aromatic heterocycles. The molecule has 130 valence electrons. The minimum Gasteiger partial charge on any atom is -0.355 e. The molecule has 0 aliphatic rings. The van der Waals surface area contributed by atoms with Crippen LogP contribution in [0.3, 0.4) is 0 Å². The quantitative estimate of drug-likeness (QED) is 0.671. The maximum Gasteiger partial charge on any atom is 0.235 e. The molecule has 24 heavy (non-hydrogen) atoms. The minimum atomic E-state index is -3.49. The van der Waals surface area contributed by atoms with Gasteiger partial charge in [-0.1, -0.05) is 28.1 Å². The molecule has 1 aromatic carbocycles. The monoisotopic (exact) mass is 413 g/mol. The SMILES string of the molecule is Cc1cnn(CCCNC(=O)CS(=O)(=O)Cc2cccc(Br)c2)c1. The van der Waals surface area contributed by atoms with Crippen molar-refractivity contribution in [2.45, 2.75) is 25.6 Å². The van der Waals surface area contributed by atoms with Crippen molar-refractivity contribution >= 4 is 31.7 Å². The van der Waals surface area contributed by atoms with Gasteiger partial charge in [-0.2, -0.15) is 5.10 Å². The van der Waals surface area contributed by atoms with Crippen molar-refractivity contribution in [1.29, 1.82) is 0 Å². The predicted octanol–water partition coefficient (Wildman–Crippen LogP) is 2.08. The molecular weight excluding hydrogens is 394 g/mol. The van der Waals surface area contributed by atoms with Crippen molar-refractivity contribution in [1.82, 2.24) is 15.1 Å². The molecule has 0 aliphatic carbocycles. The van der Waals surface area contributed by atoms with E-state index in [0.29, 0.717) is 25.1 Å². The van der Waals surface area contributed by atoms with Gasteiger partial charge in [0.1, 0.15) is 5.75 Å². The molecule has 2 rings (SSSR count). The number of carbonyl (C=O) groups is 1. The van der Waals surface area contributed by atoms with Crippen molar-refractivity contribution in [3.05, 3.63) is 52.3 Å². The molecule has 0 saturated heterocycles. The lowest BCUT2D eigenvalue weighted by Gasteiger charge is -2.07. The molecular formula is C16H20BrN3O3S. The summed E-state index contributed by atoms with van der Waals surface area (Å²) in [5.41, 5.74) is 1.74. The van der Waals surface area contributed by atoms with E-state index in [1.54, 1.807) is 29.1 Å². The van der Waals surface area contributed by atoms with Gasteiger partial charge in [0.25, 0.3) is 0 Å². The first-order valence-corrected chi connectivity index (χ1v) is 10.2. The zero-order valence-electron chi connectivity index (χ0n) is 13.4. The van der Waals surface area contributed by atoms with Gasteiger partial charge in [0.2, 0.25) is 5.91 Å². The average molecular weight is 414 g/mol. The molecule has 0 atom stereocenters. The summed E-state index contributed by atoms with van der Waals surface area (Å²) in [6, 6.07) is 7.06. The second kappa shape index (κ2) is 8.43. The number of benzene rings is 1. The molecule has 1 heterocycles. The van der Waals surface area contributed by atoms with Gasteiger partial charge >= 0.3 is 0 Å². The van der Waals surface area contributed by atoms with Crippen LogP contribution in [0.25, 0.3) is 0 Å². The number of sulfone groups is 1. The normalized spacial score (nSPS) is 11.4. The van der Waals surface area contributed by atoms with Gasteiger partial charge in [0, 0.05) is 23.8 Å². The molecule has 8 heteroatoms. The Balaban J connectivity index is 1.74. The number of nitrogens with zero attached hydrogens (tertiary/aromatic N) is 2. The smallest absolute Gasteiger partial charge is 0.235 e. The lowest BCUT2D eigenvalue weighted by atomic mass is 10.2. The van der Waals surface area contributed by atoms with Crippen molar-refractivity contribution in [2.75, 3.05) is 12.3 Å². The molecule has 0 fully saturated rings. The van der Waals surface area contributed by atoms with Gasteiger partial charge in [-0.15, -0.1) is 0 Å². The summed E-state index contributed by atoms with van der Waals surface area (Å²) in [6.07, 6.45) is 4.38. The number of carbonyl (C=O) groups excluding carboxylic acids is 1. The van der Waals surface area contributed by atoms with E-state index in [1.807, 2.05) is 19.2 Å². The third-order valence-electron chi connectivity index (χ3n) is 3.28. The number of amides is 1. The van der Waals surface area contributed by atoms with Gasteiger partial charge in [-0.25, -0.2) is 8.42 Å². The topological polar surface area (TPSA) is 81.1 Å². The molecule has 0 aliphatic heterocycles. The summed E-state index contributed by atoms with van der Waals surface area (Å²) in [6.45, 7) is 3.06. The number of hydrogen-bond acceptors (Lipinski definition) is 4. The van der Waals surface area contributed by atoms with E-state index in [9.17, 15) is 13.2 Å². The fourth-order valence-corrected chi connectivity index (χ4v) is 3.98. The zero-order chi connectivity index (χ0) is 17.6. The highest BCUT2D eigenvalue weighted by atomic mass is 79.9. The first-order chi connectivity index (χ1) is 11.3. The number of aryl methyl sites for hydroxylation is 2. The number of nitrogens with one attached hydrogen (secondary N) is 1. The summed E-state index contributed by atoms with van der Waals surface area (Å²) in [5.74, 6) is -1.12. The number of aromatic nitrogens is 2. The Bertz CT molecular complexity index is 802. The highest BCUT2D eigenvalue weighted by molar-refractivity contribution is 9.10. The Morgan fingerprint density at radius 3 is 2.83 bits per heavy atom. The van der Waals surface area contributed by atoms with Gasteiger partial charge < -0.3 is 5.32 Å². The predicted molar refractivity (Wildman–Crippen MR) is 96.2 cm³/mol. The number of hydrogen-bond donors (Lipinski definition) is 1. The summed E-state index contributed by atoms with van der Waals surface area (Å²) < 4.78 is 26.8. The fraction of sp³-hybridized carbons (Fsp3) is 0.375. The van der Waals surface area contributed by atoms with Gasteiger partial charge in [-0.3, -0.25) is 9.48 Å². The summed E-state index contributed by atoms with van der Waals surface area (Å²) in [7, 11) is -3.49. The van der Waals surface area contributed by atoms with Crippen molar-refractivity contribution in [2.24, 2.45) is 0 Å². The molecule has 2 aromatic rings. The van der Waals surface area contributed by atoms with E-state index in [-0.39, 0.29) is 5.75 Å². The second-order valence-electron chi connectivity index (χ2n) is 5.65. The van der Waals surface area contributed by atoms with E-state index in [4.69, 9.17) is 0 Å². The molecule has 0 spiro atoms. The lowest BCUT2D eigenvalue weighted by molar-refractivity contribution is -0.118. The van der Waals surface area contributed by atoms with Crippen LogP contribution in [0.15, 0.2) is 41.1 Å². The third kappa shape index (κ3) is 6.45. The summed E-state index contributed by atoms with van der Waals surface area (Å²) in [5, 5.41) is 6.79. The third-order valence-corrected chi connectivity index (χ3v) is 5.24. The Labute approximate surface area is 150 Å². The Morgan fingerprint density at radius 2 is 2.17 bits per heavy atom. The molecule has 1 amide bonds. The molecule has 6 nitrogen and oxygen atoms in total. The highest BCUT2D eigenvalue weighted by Crippen LogP contribution is 2.14. The maximum absolute atomic E-state index is 12.1. The van der Waals surface area contributed by atoms with Crippen molar-refractivity contribution < 1.29 is 13.2 Å². The van der Waals surface area contributed by atoms with Gasteiger partial charge in [0.15, 0.2) is 9.84 Å². The van der Waals surface area contributed by atoms with Crippen LogP contribution in [-0.4, -0.2) is 36.4 Å². The van der Waals surface area contributed by atoms with Crippen LogP contribution in [0.2, 0.25) is 0 Å². The van der Waals surface area contributed by atoms with E-state index >= 15 is 0 Å². The van der Waals surface area contributed by atoms with Crippen LogP contribution < -0.4 is 5.32 Å². The molecule has 0 unspecified atom stereocenters. The van der Waals surface area contributed by atoms with E-state index < -0.39 is 21.5 Å². The maximum atomic E-state index is 12.1. The van der Waals surface area contributed by atoms with Crippen LogP contribution in [-0.2, 0) is 26.9 Å². The Morgan fingerprint density at radius 1 is 1.38 bits per heavy atom. The minimum absolute atomic E-state index is 0.146. The lowest BCUT2D eigenvalue weighted by Crippen LogP contribution is -2.32. The van der Waals surface area contributed by atoms with Gasteiger partial charge in [-0.05, 0) is 36.6 Å². The highest BCUT2D eigenvalue weighted by Gasteiger charge is 2.17. The number of halogens is 1. The molecule has 1 N–H and O–H groups in total. The fourth-order valence-electron chi connectivity index (χ4n) is 2.24. The largest absolute Gasteiger partial charge is 0.355 e. The number of rotatable bonds is 8. The second-order valence-corrected chi connectivity index (χ2v) is 8.63. The first-order valence-electron chi connectivity index (χ1n) is 7.55. The Hall–Kier alpha value is -1.67. The molecule has 0 saturated carbocycles. The van der Waals surface area contributed by atoms with Crippen molar-refractivity contribution in [3.8, 4) is 0 Å². The van der Waals surface area contributed by atoms with E-state index in [2.05, 4.69) is 26.3 Å². The van der Waals surface area contributed by atoms with Crippen LogP contribution in [0, 0.1) is 6.92 Å². The molecule has 0 bridgehead atoms. The average Bonchev–Trinajstić information content (AvgIpc) is 2.88. The Kier molecular flexibility index (Phi) is 6.56. The zero-order valence-corrected chi connectivity index (χ0v) is 15.8.